The molecule has 0 unspecified atom stereocenters. The highest BCUT2D eigenvalue weighted by molar-refractivity contribution is 5.97. The number of fused-ring (bicyclic) bond motifs is 9. The van der Waals surface area contributed by atoms with E-state index in [0.717, 1.165) is 17.1 Å². The van der Waals surface area contributed by atoms with E-state index in [1.54, 1.807) is 0 Å². The SMILES string of the molecule is CC1(C)c2ccccc2-c2ccc(N(c3ccc4c(c3)C(C)(C)c3ccccc3-4)c3ccc4c(c3)C(c3ccccc3)(c3ccccc3)c3c(-c5ccccc5)cc(-c5ccccc5)cc3-4)cc21. The van der Waals surface area contributed by atoms with E-state index in [0.29, 0.717) is 0 Å². The fourth-order valence-corrected chi connectivity index (χ4v) is 12.5. The number of nitrogens with zero attached hydrogens (tertiary/aromatic N) is 1. The van der Waals surface area contributed by atoms with Crippen LogP contribution in [0.25, 0.3) is 55.6 Å². The largest absolute Gasteiger partial charge is 0.310 e. The molecule has 10 aromatic carbocycles. The second-order valence-corrected chi connectivity index (χ2v) is 20.0. The number of benzene rings is 10. The van der Waals surface area contributed by atoms with Crippen LogP contribution in [0.5, 0.6) is 0 Å². The Morgan fingerprint density at radius 2 is 0.632 bits per heavy atom. The van der Waals surface area contributed by atoms with Crippen molar-refractivity contribution in [3.8, 4) is 55.6 Å². The maximum atomic E-state index is 2.54. The van der Waals surface area contributed by atoms with Crippen LogP contribution in [0, 0.1) is 0 Å². The van der Waals surface area contributed by atoms with Crippen LogP contribution in [0.1, 0.15) is 72.2 Å². The molecule has 0 N–H and O–H groups in total. The van der Waals surface area contributed by atoms with Crippen molar-refractivity contribution in [3.05, 3.63) is 281 Å². The molecule has 1 nitrogen and oxygen atoms in total. The molecule has 0 aliphatic heterocycles. The third kappa shape index (κ3) is 5.75. The summed E-state index contributed by atoms with van der Waals surface area (Å²) in [4.78, 5) is 2.54. The maximum Gasteiger partial charge on any atom is 0.0720 e. The van der Waals surface area contributed by atoms with E-state index in [4.69, 9.17) is 0 Å². The average Bonchev–Trinajstić information content (AvgIpc) is 3.91. The normalized spacial score (nSPS) is 14.8. The van der Waals surface area contributed by atoms with Crippen molar-refractivity contribution in [2.24, 2.45) is 0 Å². The highest BCUT2D eigenvalue weighted by atomic mass is 15.1. The Kier molecular flexibility index (Phi) is 8.89. The van der Waals surface area contributed by atoms with Gasteiger partial charge in [-0.2, -0.15) is 0 Å². The van der Waals surface area contributed by atoms with Crippen LogP contribution in [0.4, 0.5) is 17.1 Å². The highest BCUT2D eigenvalue weighted by Gasteiger charge is 2.48. The van der Waals surface area contributed by atoms with Crippen LogP contribution in [0.15, 0.2) is 237 Å². The van der Waals surface area contributed by atoms with Gasteiger partial charge in [0.15, 0.2) is 0 Å². The molecule has 0 aromatic heterocycles. The summed E-state index contributed by atoms with van der Waals surface area (Å²) in [5.41, 5.74) is 25.7. The van der Waals surface area contributed by atoms with Crippen LogP contribution in [0.3, 0.4) is 0 Å². The molecule has 10 aromatic rings. The van der Waals surface area contributed by atoms with Crippen LogP contribution in [-0.2, 0) is 16.2 Å². The third-order valence-electron chi connectivity index (χ3n) is 15.7. The van der Waals surface area contributed by atoms with Crippen LogP contribution in [-0.4, -0.2) is 0 Å². The molecule has 0 bridgehead atoms. The lowest BCUT2D eigenvalue weighted by atomic mass is 9.66. The van der Waals surface area contributed by atoms with Gasteiger partial charge in [-0.25, -0.2) is 0 Å². The van der Waals surface area contributed by atoms with Crippen molar-refractivity contribution in [1.29, 1.82) is 0 Å². The molecule has 0 spiro atoms. The summed E-state index contributed by atoms with van der Waals surface area (Å²) >= 11 is 0. The summed E-state index contributed by atoms with van der Waals surface area (Å²) in [6, 6.07) is 89.0. The lowest BCUT2D eigenvalue weighted by Crippen LogP contribution is -2.29. The summed E-state index contributed by atoms with van der Waals surface area (Å²) in [7, 11) is 0. The molecule has 0 saturated heterocycles. The third-order valence-corrected chi connectivity index (χ3v) is 15.7. The van der Waals surface area contributed by atoms with E-state index in [1.807, 2.05) is 0 Å². The minimum Gasteiger partial charge on any atom is -0.310 e. The van der Waals surface area contributed by atoms with Gasteiger partial charge in [-0.1, -0.05) is 216 Å². The van der Waals surface area contributed by atoms with Crippen molar-refractivity contribution in [2.45, 2.75) is 43.9 Å². The monoisotopic (exact) mass is 869 g/mol. The number of hydrogen-bond donors (Lipinski definition) is 0. The number of hydrogen-bond acceptors (Lipinski definition) is 1. The van der Waals surface area contributed by atoms with Gasteiger partial charge < -0.3 is 4.90 Å². The zero-order valence-electron chi connectivity index (χ0n) is 39.0. The highest BCUT2D eigenvalue weighted by Crippen LogP contribution is 2.61. The van der Waals surface area contributed by atoms with E-state index < -0.39 is 5.41 Å². The molecule has 0 saturated carbocycles. The standard InChI is InChI=1S/C67H51N/c1-65(2)59-31-19-17-29-52(59)54-36-33-49(41-61(54)65)68(50-34-37-55-53-30-18-20-32-60(53)66(3,4)62(55)42-50)51-35-38-56-58-40-46(44-21-9-5-10-22-44)39-57(45-23-11-6-12-24-45)64(58)67(63(56)43-51,47-25-13-7-14-26-47)48-27-15-8-16-28-48/h5-43H,1-4H3. The predicted molar refractivity (Wildman–Crippen MR) is 284 cm³/mol. The fourth-order valence-electron chi connectivity index (χ4n) is 12.5. The second kappa shape index (κ2) is 15.0. The molecule has 3 aliphatic rings. The summed E-state index contributed by atoms with van der Waals surface area (Å²) in [6.07, 6.45) is 0. The topological polar surface area (TPSA) is 3.24 Å². The van der Waals surface area contributed by atoms with Crippen molar-refractivity contribution >= 4 is 17.1 Å². The molecule has 3 aliphatic carbocycles. The van der Waals surface area contributed by atoms with Crippen molar-refractivity contribution in [1.82, 2.24) is 0 Å². The van der Waals surface area contributed by atoms with Gasteiger partial charge in [0.25, 0.3) is 0 Å². The lowest BCUT2D eigenvalue weighted by molar-refractivity contribution is 0.660. The van der Waals surface area contributed by atoms with Gasteiger partial charge in [-0.3, -0.25) is 0 Å². The Morgan fingerprint density at radius 3 is 1.12 bits per heavy atom. The van der Waals surface area contributed by atoms with Gasteiger partial charge in [-0.15, -0.1) is 0 Å². The van der Waals surface area contributed by atoms with Crippen LogP contribution in [0.2, 0.25) is 0 Å². The molecular formula is C67H51N. The molecular weight excluding hydrogens is 819 g/mol. The van der Waals surface area contributed by atoms with Crippen LogP contribution >= 0.6 is 0 Å². The Balaban J connectivity index is 1.11. The zero-order valence-corrected chi connectivity index (χ0v) is 39.0. The maximum absolute atomic E-state index is 2.54. The molecule has 0 amide bonds. The van der Waals surface area contributed by atoms with E-state index >= 15 is 0 Å². The second-order valence-electron chi connectivity index (χ2n) is 20.0. The molecule has 13 rings (SSSR count). The van der Waals surface area contributed by atoms with Gasteiger partial charge in [0.2, 0.25) is 0 Å². The molecule has 68 heavy (non-hydrogen) atoms. The van der Waals surface area contributed by atoms with Crippen molar-refractivity contribution < 1.29 is 0 Å². The minimum atomic E-state index is -0.654. The quantitative estimate of drug-likeness (QED) is 0.154. The summed E-state index contributed by atoms with van der Waals surface area (Å²) in [5, 5.41) is 0. The molecule has 1 heteroatoms. The van der Waals surface area contributed by atoms with E-state index in [9.17, 15) is 0 Å². The van der Waals surface area contributed by atoms with Gasteiger partial charge in [-0.05, 0) is 149 Å². The Morgan fingerprint density at radius 1 is 0.265 bits per heavy atom. The first kappa shape index (κ1) is 40.3. The first-order valence-corrected chi connectivity index (χ1v) is 24.1. The predicted octanol–water partition coefficient (Wildman–Crippen LogP) is 17.5. The summed E-state index contributed by atoms with van der Waals surface area (Å²) < 4.78 is 0. The van der Waals surface area contributed by atoms with Crippen molar-refractivity contribution in [2.75, 3.05) is 4.90 Å². The van der Waals surface area contributed by atoms with Gasteiger partial charge in [0.05, 0.1) is 5.41 Å². The Bertz CT molecular complexity index is 3450. The molecule has 0 fully saturated rings. The summed E-state index contributed by atoms with van der Waals surface area (Å²) in [5.74, 6) is 0. The first-order valence-electron chi connectivity index (χ1n) is 24.1. The Hall–Kier alpha value is -8.00. The Labute approximate surface area is 400 Å². The molecule has 0 atom stereocenters. The first-order chi connectivity index (χ1) is 33.2. The fraction of sp³-hybridized carbons (Fsp3) is 0.104. The van der Waals surface area contributed by atoms with Gasteiger partial charge >= 0.3 is 0 Å². The average molecular weight is 870 g/mol. The zero-order chi connectivity index (χ0) is 45.8. The van der Waals surface area contributed by atoms with E-state index in [1.165, 1.54) is 100 Å². The molecule has 0 heterocycles. The van der Waals surface area contributed by atoms with Crippen LogP contribution < -0.4 is 4.90 Å². The lowest BCUT2D eigenvalue weighted by Gasteiger charge is -2.36. The summed E-state index contributed by atoms with van der Waals surface area (Å²) in [6.45, 7) is 9.54. The van der Waals surface area contributed by atoms with E-state index in [-0.39, 0.29) is 10.8 Å². The van der Waals surface area contributed by atoms with Gasteiger partial charge in [0.1, 0.15) is 0 Å². The van der Waals surface area contributed by atoms with Crippen molar-refractivity contribution in [3.63, 3.8) is 0 Å². The minimum absolute atomic E-state index is 0.158. The number of rotatable bonds is 7. The number of anilines is 3. The van der Waals surface area contributed by atoms with E-state index in [2.05, 4.69) is 269 Å². The molecule has 0 radical (unpaired) electrons. The van der Waals surface area contributed by atoms with Gasteiger partial charge in [0, 0.05) is 27.9 Å². The molecule has 324 valence electrons. The smallest absolute Gasteiger partial charge is 0.0720 e.